The molecule has 0 unspecified atom stereocenters. The molecule has 0 aliphatic rings. The molecule has 1 N–H and O–H groups in total. The third-order valence-electron chi connectivity index (χ3n) is 4.78. The van der Waals surface area contributed by atoms with Crippen LogP contribution in [0.4, 0.5) is 0 Å². The first-order chi connectivity index (χ1) is 14.3. The van der Waals surface area contributed by atoms with Gasteiger partial charge < -0.3 is 15.0 Å². The lowest BCUT2D eigenvalue weighted by molar-refractivity contribution is -0.142. The molecule has 2 aromatic rings. The molecule has 0 fully saturated rings. The molecule has 162 valence electrons. The zero-order valence-electron chi connectivity index (χ0n) is 17.6. The standard InChI is InChI=1S/C23H28Cl2N2O3/c1-4-5-12-26-23(29)17(3)27(14-18-10-11-19(24)20(25)13-18)22(28)15-30-21-9-7-6-8-16(21)2/h6-11,13,17H,4-5,12,14-15H2,1-3H3,(H,26,29)/t17-/m0/s1. The third-order valence-corrected chi connectivity index (χ3v) is 5.52. The molecule has 0 aliphatic heterocycles. The Morgan fingerprint density at radius 1 is 1.13 bits per heavy atom. The Hall–Kier alpha value is -2.24. The largest absolute Gasteiger partial charge is 0.484 e. The van der Waals surface area contributed by atoms with Crippen molar-refractivity contribution in [3.05, 3.63) is 63.6 Å². The predicted octanol–water partition coefficient (Wildman–Crippen LogP) is 5.01. The van der Waals surface area contributed by atoms with Crippen LogP contribution in [0.1, 0.15) is 37.8 Å². The van der Waals surface area contributed by atoms with E-state index in [9.17, 15) is 9.59 Å². The number of nitrogens with one attached hydrogen (secondary N) is 1. The highest BCUT2D eigenvalue weighted by molar-refractivity contribution is 6.42. The van der Waals surface area contributed by atoms with Gasteiger partial charge in [-0.3, -0.25) is 9.59 Å². The molecule has 30 heavy (non-hydrogen) atoms. The van der Waals surface area contributed by atoms with Crippen molar-refractivity contribution in [3.63, 3.8) is 0 Å². The second kappa shape index (κ2) is 11.8. The van der Waals surface area contributed by atoms with Crippen LogP contribution in [0.3, 0.4) is 0 Å². The predicted molar refractivity (Wildman–Crippen MR) is 121 cm³/mol. The molecule has 2 amide bonds. The quantitative estimate of drug-likeness (QED) is 0.517. The summed E-state index contributed by atoms with van der Waals surface area (Å²) in [4.78, 5) is 27.1. The second-order valence-corrected chi connectivity index (χ2v) is 7.96. The Balaban J connectivity index is 2.15. The molecule has 1 atom stereocenters. The Kier molecular flexibility index (Phi) is 9.47. The number of para-hydroxylation sites is 1. The molecule has 0 saturated carbocycles. The number of carbonyl (C=O) groups is 2. The van der Waals surface area contributed by atoms with E-state index in [-0.39, 0.29) is 25.0 Å². The molecule has 0 bridgehead atoms. The van der Waals surface area contributed by atoms with E-state index in [1.54, 1.807) is 25.1 Å². The van der Waals surface area contributed by atoms with E-state index in [1.165, 1.54) is 4.90 Å². The van der Waals surface area contributed by atoms with Gasteiger partial charge in [-0.15, -0.1) is 0 Å². The van der Waals surface area contributed by atoms with E-state index < -0.39 is 6.04 Å². The van der Waals surface area contributed by atoms with Gasteiger partial charge in [0.15, 0.2) is 6.61 Å². The van der Waals surface area contributed by atoms with E-state index in [4.69, 9.17) is 27.9 Å². The first kappa shape index (κ1) is 24.0. The van der Waals surface area contributed by atoms with Gasteiger partial charge in [0.25, 0.3) is 5.91 Å². The maximum absolute atomic E-state index is 13.0. The number of unbranched alkanes of at least 4 members (excludes halogenated alkanes) is 1. The molecule has 0 aliphatic carbocycles. The lowest BCUT2D eigenvalue weighted by Crippen LogP contribution is -2.49. The summed E-state index contributed by atoms with van der Waals surface area (Å²) in [5.41, 5.74) is 1.72. The van der Waals surface area contributed by atoms with Crippen LogP contribution in [-0.2, 0) is 16.1 Å². The number of nitrogens with zero attached hydrogens (tertiary/aromatic N) is 1. The highest BCUT2D eigenvalue weighted by atomic mass is 35.5. The van der Waals surface area contributed by atoms with Crippen molar-refractivity contribution in [1.29, 1.82) is 0 Å². The van der Waals surface area contributed by atoms with Gasteiger partial charge >= 0.3 is 0 Å². The Labute approximate surface area is 188 Å². The smallest absolute Gasteiger partial charge is 0.261 e. The van der Waals surface area contributed by atoms with Crippen LogP contribution in [0.2, 0.25) is 10.0 Å². The summed E-state index contributed by atoms with van der Waals surface area (Å²) in [6, 6.07) is 12.0. The van der Waals surface area contributed by atoms with Gasteiger partial charge in [0.05, 0.1) is 10.0 Å². The number of hydrogen-bond donors (Lipinski definition) is 1. The summed E-state index contributed by atoms with van der Waals surface area (Å²) in [6.45, 7) is 6.31. The third kappa shape index (κ3) is 6.92. The zero-order chi connectivity index (χ0) is 22.1. The van der Waals surface area contributed by atoms with Gasteiger partial charge in [0, 0.05) is 13.1 Å². The Morgan fingerprint density at radius 3 is 2.53 bits per heavy atom. The minimum atomic E-state index is -0.663. The molecular weight excluding hydrogens is 423 g/mol. The van der Waals surface area contributed by atoms with E-state index in [2.05, 4.69) is 12.2 Å². The van der Waals surface area contributed by atoms with E-state index in [0.717, 1.165) is 24.0 Å². The van der Waals surface area contributed by atoms with Gasteiger partial charge in [-0.25, -0.2) is 0 Å². The molecule has 0 radical (unpaired) electrons. The number of carbonyl (C=O) groups excluding carboxylic acids is 2. The maximum atomic E-state index is 13.0. The monoisotopic (exact) mass is 450 g/mol. The first-order valence-corrected chi connectivity index (χ1v) is 10.8. The molecular formula is C23H28Cl2N2O3. The Morgan fingerprint density at radius 2 is 1.87 bits per heavy atom. The number of amides is 2. The topological polar surface area (TPSA) is 58.6 Å². The minimum absolute atomic E-state index is 0.168. The summed E-state index contributed by atoms with van der Waals surface area (Å²) in [6.07, 6.45) is 1.86. The average Bonchev–Trinajstić information content (AvgIpc) is 2.73. The number of aryl methyl sites for hydroxylation is 1. The SMILES string of the molecule is CCCCNC(=O)[C@H](C)N(Cc1ccc(Cl)c(Cl)c1)C(=O)COc1ccccc1C. The van der Waals surface area contributed by atoms with Crippen molar-refractivity contribution < 1.29 is 14.3 Å². The fraction of sp³-hybridized carbons (Fsp3) is 0.391. The summed E-state index contributed by atoms with van der Waals surface area (Å²) < 4.78 is 5.72. The van der Waals surface area contributed by atoms with E-state index >= 15 is 0 Å². The van der Waals surface area contributed by atoms with Crippen LogP contribution in [0, 0.1) is 6.92 Å². The number of benzene rings is 2. The van der Waals surface area contributed by atoms with Crippen molar-refractivity contribution in [1.82, 2.24) is 10.2 Å². The Bertz CT molecular complexity index is 873. The van der Waals surface area contributed by atoms with Crippen molar-refractivity contribution >= 4 is 35.0 Å². The molecule has 7 heteroatoms. The summed E-state index contributed by atoms with van der Waals surface area (Å²) in [5.74, 6) is 0.149. The maximum Gasteiger partial charge on any atom is 0.261 e. The van der Waals surface area contributed by atoms with Crippen LogP contribution in [0.25, 0.3) is 0 Å². The van der Waals surface area contributed by atoms with Crippen molar-refractivity contribution in [2.75, 3.05) is 13.2 Å². The number of rotatable bonds is 10. The fourth-order valence-corrected chi connectivity index (χ4v) is 3.21. The molecule has 0 spiro atoms. The lowest BCUT2D eigenvalue weighted by atomic mass is 10.1. The van der Waals surface area contributed by atoms with Crippen molar-refractivity contribution in [2.45, 2.75) is 46.2 Å². The van der Waals surface area contributed by atoms with Gasteiger partial charge in [0.1, 0.15) is 11.8 Å². The van der Waals surface area contributed by atoms with Crippen LogP contribution >= 0.6 is 23.2 Å². The molecule has 2 aromatic carbocycles. The summed E-state index contributed by atoms with van der Waals surface area (Å²) in [5, 5.41) is 3.72. The highest BCUT2D eigenvalue weighted by Gasteiger charge is 2.26. The van der Waals surface area contributed by atoms with Gasteiger partial charge in [-0.05, 0) is 49.6 Å². The lowest BCUT2D eigenvalue weighted by Gasteiger charge is -2.29. The van der Waals surface area contributed by atoms with Gasteiger partial charge in [-0.2, -0.15) is 0 Å². The molecule has 0 aromatic heterocycles. The summed E-state index contributed by atoms with van der Waals surface area (Å²) in [7, 11) is 0. The van der Waals surface area contributed by atoms with Crippen molar-refractivity contribution in [2.24, 2.45) is 0 Å². The molecule has 0 heterocycles. The van der Waals surface area contributed by atoms with Crippen LogP contribution < -0.4 is 10.1 Å². The average molecular weight is 451 g/mol. The zero-order valence-corrected chi connectivity index (χ0v) is 19.1. The van der Waals surface area contributed by atoms with E-state index in [1.807, 2.05) is 31.2 Å². The van der Waals surface area contributed by atoms with Crippen molar-refractivity contribution in [3.8, 4) is 5.75 Å². The van der Waals surface area contributed by atoms with Crippen LogP contribution in [0.15, 0.2) is 42.5 Å². The summed E-state index contributed by atoms with van der Waals surface area (Å²) >= 11 is 12.1. The second-order valence-electron chi connectivity index (χ2n) is 7.14. The molecule has 2 rings (SSSR count). The number of ether oxygens (including phenoxy) is 1. The number of hydrogen-bond acceptors (Lipinski definition) is 3. The molecule has 0 saturated heterocycles. The minimum Gasteiger partial charge on any atom is -0.484 e. The molecule has 5 nitrogen and oxygen atoms in total. The fourth-order valence-electron chi connectivity index (χ4n) is 2.89. The van der Waals surface area contributed by atoms with Crippen LogP contribution in [0.5, 0.6) is 5.75 Å². The number of halogens is 2. The normalized spacial score (nSPS) is 11.6. The van der Waals surface area contributed by atoms with E-state index in [0.29, 0.717) is 22.3 Å². The van der Waals surface area contributed by atoms with Gasteiger partial charge in [0.2, 0.25) is 5.91 Å². The van der Waals surface area contributed by atoms with Crippen LogP contribution in [-0.4, -0.2) is 35.9 Å². The highest BCUT2D eigenvalue weighted by Crippen LogP contribution is 2.24. The van der Waals surface area contributed by atoms with Gasteiger partial charge in [-0.1, -0.05) is 60.8 Å². The first-order valence-electron chi connectivity index (χ1n) is 10.0.